The average molecular weight is 270 g/mol. The van der Waals surface area contributed by atoms with Crippen LogP contribution in [0.3, 0.4) is 0 Å². The van der Waals surface area contributed by atoms with Gasteiger partial charge in [0.15, 0.2) is 0 Å². The van der Waals surface area contributed by atoms with Gasteiger partial charge in [-0.1, -0.05) is 37.5 Å². The minimum Gasteiger partial charge on any atom is -0.350 e. The zero-order valence-electron chi connectivity index (χ0n) is 11.8. The molecule has 4 nitrogen and oxygen atoms in total. The molecule has 1 atom stereocenters. The van der Waals surface area contributed by atoms with Crippen LogP contribution in [0.4, 0.5) is 5.95 Å². The molecule has 0 spiro atoms. The Labute approximate surface area is 119 Å². The maximum absolute atomic E-state index is 5.95. The summed E-state index contributed by atoms with van der Waals surface area (Å²) in [5.74, 6) is 1.36. The number of nitrogens with two attached hydrogens (primary N) is 1. The van der Waals surface area contributed by atoms with Gasteiger partial charge in [-0.3, -0.25) is 0 Å². The van der Waals surface area contributed by atoms with Crippen molar-refractivity contribution in [2.24, 2.45) is 11.7 Å². The smallest absolute Gasteiger partial charge is 0.223 e. The van der Waals surface area contributed by atoms with E-state index in [1.54, 1.807) is 0 Å². The molecule has 1 saturated carbocycles. The molecule has 1 aliphatic rings. The fourth-order valence-electron chi connectivity index (χ4n) is 3.11. The summed E-state index contributed by atoms with van der Waals surface area (Å²) >= 11 is 0. The van der Waals surface area contributed by atoms with Crippen LogP contribution in [0.15, 0.2) is 30.5 Å². The molecular weight excluding hydrogens is 248 g/mol. The lowest BCUT2D eigenvalue weighted by atomic mass is 9.84. The molecule has 1 fully saturated rings. The zero-order valence-corrected chi connectivity index (χ0v) is 11.8. The monoisotopic (exact) mass is 270 g/mol. The molecule has 1 heterocycles. The highest BCUT2D eigenvalue weighted by Gasteiger charge is 2.23. The van der Waals surface area contributed by atoms with Gasteiger partial charge in [-0.25, -0.2) is 9.97 Å². The van der Waals surface area contributed by atoms with Gasteiger partial charge in [-0.05, 0) is 24.8 Å². The fourth-order valence-corrected chi connectivity index (χ4v) is 3.11. The number of nitrogens with one attached hydrogen (secondary N) is 1. The van der Waals surface area contributed by atoms with E-state index in [2.05, 4.69) is 15.3 Å². The van der Waals surface area contributed by atoms with Crippen LogP contribution in [-0.4, -0.2) is 22.6 Å². The number of para-hydroxylation sites is 1. The molecule has 0 saturated heterocycles. The van der Waals surface area contributed by atoms with E-state index in [9.17, 15) is 0 Å². The number of hydrogen-bond donors (Lipinski definition) is 2. The van der Waals surface area contributed by atoms with E-state index in [-0.39, 0.29) is 6.04 Å². The summed E-state index contributed by atoms with van der Waals surface area (Å²) in [6.07, 6.45) is 8.41. The number of benzene rings is 1. The summed E-state index contributed by atoms with van der Waals surface area (Å²) in [7, 11) is 0. The molecule has 106 valence electrons. The second-order valence-corrected chi connectivity index (χ2v) is 5.64. The third-order valence-corrected chi connectivity index (χ3v) is 4.28. The second-order valence-electron chi connectivity index (χ2n) is 5.64. The van der Waals surface area contributed by atoms with Crippen LogP contribution in [0, 0.1) is 5.92 Å². The standard InChI is InChI=1S/C16H22N4/c17-10-15(12-6-2-1-3-7-12)20-16-18-11-13-8-4-5-9-14(13)19-16/h4-5,8-9,11-12,15H,1-3,6-7,10,17H2,(H,18,19,20). The minimum atomic E-state index is 0.288. The molecule has 0 radical (unpaired) electrons. The highest BCUT2D eigenvalue weighted by Crippen LogP contribution is 2.27. The van der Waals surface area contributed by atoms with Crippen LogP contribution in [0.25, 0.3) is 10.9 Å². The van der Waals surface area contributed by atoms with Crippen molar-refractivity contribution in [1.82, 2.24) is 9.97 Å². The van der Waals surface area contributed by atoms with Crippen LogP contribution in [0.1, 0.15) is 32.1 Å². The first-order valence-corrected chi connectivity index (χ1v) is 7.55. The lowest BCUT2D eigenvalue weighted by molar-refractivity contribution is 0.320. The first-order chi connectivity index (χ1) is 9.86. The van der Waals surface area contributed by atoms with Crippen molar-refractivity contribution < 1.29 is 0 Å². The van der Waals surface area contributed by atoms with Gasteiger partial charge in [-0.15, -0.1) is 0 Å². The summed E-state index contributed by atoms with van der Waals surface area (Å²) < 4.78 is 0. The predicted octanol–water partition coefficient (Wildman–Crippen LogP) is 2.95. The average Bonchev–Trinajstić information content (AvgIpc) is 2.53. The number of anilines is 1. The van der Waals surface area contributed by atoms with E-state index in [0.717, 1.165) is 10.9 Å². The van der Waals surface area contributed by atoms with Gasteiger partial charge in [0.25, 0.3) is 0 Å². The van der Waals surface area contributed by atoms with Gasteiger partial charge in [0.05, 0.1) is 5.52 Å². The van der Waals surface area contributed by atoms with Gasteiger partial charge in [0, 0.05) is 24.2 Å². The Hall–Kier alpha value is -1.68. The molecule has 2 aromatic rings. The highest BCUT2D eigenvalue weighted by atomic mass is 15.1. The lowest BCUT2D eigenvalue weighted by Crippen LogP contribution is -2.37. The van der Waals surface area contributed by atoms with Crippen molar-refractivity contribution >= 4 is 16.9 Å². The number of aromatic nitrogens is 2. The van der Waals surface area contributed by atoms with Gasteiger partial charge in [-0.2, -0.15) is 0 Å². The summed E-state index contributed by atoms with van der Waals surface area (Å²) in [6, 6.07) is 8.34. The minimum absolute atomic E-state index is 0.288. The largest absolute Gasteiger partial charge is 0.350 e. The van der Waals surface area contributed by atoms with E-state index in [4.69, 9.17) is 5.73 Å². The van der Waals surface area contributed by atoms with Crippen LogP contribution in [-0.2, 0) is 0 Å². The molecule has 1 unspecified atom stereocenters. The van der Waals surface area contributed by atoms with Crippen LogP contribution >= 0.6 is 0 Å². The van der Waals surface area contributed by atoms with Crippen molar-refractivity contribution in [3.63, 3.8) is 0 Å². The van der Waals surface area contributed by atoms with Gasteiger partial charge in [0.1, 0.15) is 0 Å². The number of hydrogen-bond acceptors (Lipinski definition) is 4. The van der Waals surface area contributed by atoms with Crippen molar-refractivity contribution in [1.29, 1.82) is 0 Å². The molecule has 0 bridgehead atoms. The molecule has 1 aliphatic carbocycles. The Morgan fingerprint density at radius 1 is 1.20 bits per heavy atom. The summed E-state index contributed by atoms with van der Waals surface area (Å²) in [4.78, 5) is 8.99. The lowest BCUT2D eigenvalue weighted by Gasteiger charge is -2.30. The van der Waals surface area contributed by atoms with E-state index >= 15 is 0 Å². The summed E-state index contributed by atoms with van der Waals surface area (Å²) in [6.45, 7) is 0.640. The molecular formula is C16H22N4. The SMILES string of the molecule is NCC(Nc1ncc2ccccc2n1)C1CCCCC1. The Kier molecular flexibility index (Phi) is 4.11. The maximum Gasteiger partial charge on any atom is 0.223 e. The summed E-state index contributed by atoms with van der Waals surface area (Å²) in [5, 5.41) is 4.51. The molecule has 1 aromatic carbocycles. The molecule has 0 amide bonds. The maximum atomic E-state index is 5.95. The Bertz CT molecular complexity index is 563. The number of nitrogens with zero attached hydrogens (tertiary/aromatic N) is 2. The number of fused-ring (bicyclic) bond motifs is 1. The van der Waals surface area contributed by atoms with Crippen molar-refractivity contribution in [3.8, 4) is 0 Å². The first-order valence-electron chi connectivity index (χ1n) is 7.55. The second kappa shape index (κ2) is 6.18. The molecule has 20 heavy (non-hydrogen) atoms. The Balaban J connectivity index is 1.76. The van der Waals surface area contributed by atoms with Gasteiger partial charge in [0.2, 0.25) is 5.95 Å². The Morgan fingerprint density at radius 3 is 2.80 bits per heavy atom. The third-order valence-electron chi connectivity index (χ3n) is 4.28. The molecule has 3 N–H and O–H groups in total. The number of rotatable bonds is 4. The van der Waals surface area contributed by atoms with E-state index in [0.29, 0.717) is 18.4 Å². The van der Waals surface area contributed by atoms with E-state index < -0.39 is 0 Å². The van der Waals surface area contributed by atoms with E-state index in [1.807, 2.05) is 30.5 Å². The normalized spacial score (nSPS) is 18.1. The fraction of sp³-hybridized carbons (Fsp3) is 0.500. The zero-order chi connectivity index (χ0) is 13.8. The van der Waals surface area contributed by atoms with Crippen molar-refractivity contribution in [2.75, 3.05) is 11.9 Å². The predicted molar refractivity (Wildman–Crippen MR) is 82.6 cm³/mol. The highest BCUT2D eigenvalue weighted by molar-refractivity contribution is 5.78. The van der Waals surface area contributed by atoms with Gasteiger partial charge >= 0.3 is 0 Å². The topological polar surface area (TPSA) is 63.8 Å². The molecule has 4 heteroatoms. The van der Waals surface area contributed by atoms with Crippen LogP contribution < -0.4 is 11.1 Å². The van der Waals surface area contributed by atoms with Gasteiger partial charge < -0.3 is 11.1 Å². The van der Waals surface area contributed by atoms with Crippen molar-refractivity contribution in [3.05, 3.63) is 30.5 Å². The Morgan fingerprint density at radius 2 is 2.00 bits per heavy atom. The van der Waals surface area contributed by atoms with Crippen molar-refractivity contribution in [2.45, 2.75) is 38.1 Å². The molecule has 0 aliphatic heterocycles. The molecule has 3 rings (SSSR count). The van der Waals surface area contributed by atoms with Crippen LogP contribution in [0.5, 0.6) is 0 Å². The summed E-state index contributed by atoms with van der Waals surface area (Å²) in [5.41, 5.74) is 6.92. The third kappa shape index (κ3) is 2.90. The van der Waals surface area contributed by atoms with E-state index in [1.165, 1.54) is 32.1 Å². The van der Waals surface area contributed by atoms with Crippen LogP contribution in [0.2, 0.25) is 0 Å². The molecule has 1 aromatic heterocycles. The quantitative estimate of drug-likeness (QED) is 0.896. The first kappa shape index (κ1) is 13.3.